The molecular formula is C14H13Cl2NS. The maximum atomic E-state index is 6.03. The van der Waals surface area contributed by atoms with Crippen LogP contribution in [0.5, 0.6) is 0 Å². The second kappa shape index (κ2) is 4.59. The fourth-order valence-corrected chi connectivity index (χ4v) is 4.27. The van der Waals surface area contributed by atoms with E-state index in [-0.39, 0.29) is 10.1 Å². The number of benzene rings is 1. The normalized spacial score (nSPS) is 18.6. The van der Waals surface area contributed by atoms with Crippen molar-refractivity contribution in [1.82, 2.24) is 4.98 Å². The first-order chi connectivity index (χ1) is 8.58. The summed E-state index contributed by atoms with van der Waals surface area (Å²) in [6, 6.07) is 6.33. The molecule has 0 saturated carbocycles. The van der Waals surface area contributed by atoms with E-state index in [0.717, 1.165) is 17.6 Å². The first-order valence-corrected chi connectivity index (χ1v) is 7.67. The number of pyridine rings is 1. The standard InChI is InChI=1S/C14H13Cl2NS/c1-7-4-3-5-9-12(7)17-8(2)10-6-11(14(15)16)18-13(9)10/h3-5,11,14H,6H2,1-2H3/t11-/m1/s1. The summed E-state index contributed by atoms with van der Waals surface area (Å²) in [5.41, 5.74) is 4.74. The maximum absolute atomic E-state index is 6.03. The zero-order valence-corrected chi connectivity index (χ0v) is 12.5. The fraction of sp³-hybridized carbons (Fsp3) is 0.357. The summed E-state index contributed by atoms with van der Waals surface area (Å²) in [5.74, 6) is 0. The van der Waals surface area contributed by atoms with Crippen molar-refractivity contribution < 1.29 is 0 Å². The van der Waals surface area contributed by atoms with Gasteiger partial charge in [0.05, 0.1) is 5.52 Å². The lowest BCUT2D eigenvalue weighted by Crippen LogP contribution is -2.10. The summed E-state index contributed by atoms with van der Waals surface area (Å²) >= 11 is 13.9. The van der Waals surface area contributed by atoms with E-state index in [9.17, 15) is 0 Å². The minimum Gasteiger partial charge on any atom is -0.252 e. The van der Waals surface area contributed by atoms with E-state index in [1.54, 1.807) is 11.8 Å². The molecule has 0 saturated heterocycles. The van der Waals surface area contributed by atoms with Gasteiger partial charge in [0.2, 0.25) is 0 Å². The molecule has 1 atom stereocenters. The average Bonchev–Trinajstić information content (AvgIpc) is 2.77. The molecule has 2 heterocycles. The van der Waals surface area contributed by atoms with E-state index in [4.69, 9.17) is 28.2 Å². The molecule has 0 unspecified atom stereocenters. The lowest BCUT2D eigenvalue weighted by atomic mass is 10.0. The number of aromatic nitrogens is 1. The Balaban J connectivity index is 2.24. The smallest absolute Gasteiger partial charge is 0.120 e. The van der Waals surface area contributed by atoms with Gasteiger partial charge in [0, 0.05) is 21.2 Å². The number of hydrogen-bond donors (Lipinski definition) is 0. The fourth-order valence-electron chi connectivity index (χ4n) is 2.46. The van der Waals surface area contributed by atoms with Gasteiger partial charge in [-0.1, -0.05) is 18.2 Å². The number of halogens is 2. The van der Waals surface area contributed by atoms with E-state index in [1.807, 2.05) is 0 Å². The van der Waals surface area contributed by atoms with Crippen LogP contribution in [0.4, 0.5) is 0 Å². The molecule has 0 aliphatic carbocycles. The van der Waals surface area contributed by atoms with Crippen molar-refractivity contribution in [2.75, 3.05) is 0 Å². The van der Waals surface area contributed by atoms with Crippen molar-refractivity contribution in [3.05, 3.63) is 35.0 Å². The first-order valence-electron chi connectivity index (χ1n) is 5.91. The van der Waals surface area contributed by atoms with Crippen LogP contribution in [0.3, 0.4) is 0 Å². The van der Waals surface area contributed by atoms with Crippen LogP contribution in [0.1, 0.15) is 16.8 Å². The van der Waals surface area contributed by atoms with Crippen LogP contribution in [0.15, 0.2) is 23.1 Å². The number of alkyl halides is 2. The number of aryl methyl sites for hydroxylation is 2. The van der Waals surface area contributed by atoms with Gasteiger partial charge in [-0.3, -0.25) is 4.98 Å². The third-order valence-electron chi connectivity index (χ3n) is 3.43. The summed E-state index contributed by atoms with van der Waals surface area (Å²) in [6.45, 7) is 4.18. The number of para-hydroxylation sites is 1. The molecule has 0 amide bonds. The van der Waals surface area contributed by atoms with Crippen LogP contribution < -0.4 is 0 Å². The van der Waals surface area contributed by atoms with Crippen LogP contribution in [0.2, 0.25) is 0 Å². The predicted octanol–water partition coefficient (Wildman–Crippen LogP) is 4.67. The lowest BCUT2D eigenvalue weighted by Gasteiger charge is -2.09. The molecule has 0 N–H and O–H groups in total. The molecule has 3 rings (SSSR count). The van der Waals surface area contributed by atoms with Crippen molar-refractivity contribution >= 4 is 45.9 Å². The quantitative estimate of drug-likeness (QED) is 0.709. The number of rotatable bonds is 1. The SMILES string of the molecule is Cc1nc2c(C)cccc2c2c1C[C@H](C(Cl)Cl)S2. The molecule has 1 aromatic heterocycles. The van der Waals surface area contributed by atoms with Crippen molar-refractivity contribution in [3.8, 4) is 0 Å². The highest BCUT2D eigenvalue weighted by Gasteiger charge is 2.30. The Kier molecular flexibility index (Phi) is 3.21. The van der Waals surface area contributed by atoms with Gasteiger partial charge >= 0.3 is 0 Å². The summed E-state index contributed by atoms with van der Waals surface area (Å²) in [5, 5.41) is 1.48. The minimum absolute atomic E-state index is 0.245. The van der Waals surface area contributed by atoms with Gasteiger partial charge in [-0.25, -0.2) is 0 Å². The third kappa shape index (κ3) is 1.91. The second-order valence-corrected chi connectivity index (χ2v) is 7.08. The maximum Gasteiger partial charge on any atom is 0.120 e. The average molecular weight is 298 g/mol. The third-order valence-corrected chi connectivity index (χ3v) is 5.78. The zero-order valence-electron chi connectivity index (χ0n) is 10.2. The predicted molar refractivity (Wildman–Crippen MR) is 80.1 cm³/mol. The van der Waals surface area contributed by atoms with Crippen LogP contribution in [-0.2, 0) is 6.42 Å². The highest BCUT2D eigenvalue weighted by molar-refractivity contribution is 8.00. The van der Waals surface area contributed by atoms with Crippen molar-refractivity contribution in [3.63, 3.8) is 0 Å². The Morgan fingerprint density at radius 3 is 2.83 bits per heavy atom. The van der Waals surface area contributed by atoms with Gasteiger partial charge in [-0.05, 0) is 31.4 Å². The van der Waals surface area contributed by atoms with Crippen LogP contribution in [-0.4, -0.2) is 15.1 Å². The number of fused-ring (bicyclic) bond motifs is 3. The molecule has 94 valence electrons. The molecule has 0 fully saturated rings. The number of thioether (sulfide) groups is 1. The molecule has 1 aliphatic rings. The molecule has 1 aliphatic heterocycles. The molecule has 0 bridgehead atoms. The van der Waals surface area contributed by atoms with Crippen LogP contribution >= 0.6 is 35.0 Å². The van der Waals surface area contributed by atoms with E-state index in [2.05, 4.69) is 32.0 Å². The molecule has 18 heavy (non-hydrogen) atoms. The van der Waals surface area contributed by atoms with Crippen LogP contribution in [0, 0.1) is 13.8 Å². The largest absolute Gasteiger partial charge is 0.252 e. The highest BCUT2D eigenvalue weighted by Crippen LogP contribution is 2.45. The van der Waals surface area contributed by atoms with Gasteiger partial charge in [0.1, 0.15) is 4.84 Å². The molecule has 2 aromatic rings. The van der Waals surface area contributed by atoms with E-state index in [1.165, 1.54) is 21.4 Å². The summed E-state index contributed by atoms with van der Waals surface area (Å²) in [4.78, 5) is 5.73. The Bertz CT molecular complexity index is 625. The molecule has 0 spiro atoms. The van der Waals surface area contributed by atoms with Gasteiger partial charge in [-0.15, -0.1) is 35.0 Å². The monoisotopic (exact) mass is 297 g/mol. The van der Waals surface area contributed by atoms with Crippen molar-refractivity contribution in [1.29, 1.82) is 0 Å². The van der Waals surface area contributed by atoms with E-state index < -0.39 is 0 Å². The summed E-state index contributed by atoms with van der Waals surface area (Å²) < 4.78 is 0. The molecule has 4 heteroatoms. The number of hydrogen-bond acceptors (Lipinski definition) is 2. The van der Waals surface area contributed by atoms with Gasteiger partial charge in [-0.2, -0.15) is 0 Å². The molecule has 0 radical (unpaired) electrons. The summed E-state index contributed by atoms with van der Waals surface area (Å²) in [7, 11) is 0. The van der Waals surface area contributed by atoms with E-state index >= 15 is 0 Å². The lowest BCUT2D eigenvalue weighted by molar-refractivity contribution is 0.912. The minimum atomic E-state index is -0.332. The van der Waals surface area contributed by atoms with Crippen molar-refractivity contribution in [2.45, 2.75) is 35.2 Å². The van der Waals surface area contributed by atoms with Gasteiger partial charge in [0.15, 0.2) is 0 Å². The molecule has 1 nitrogen and oxygen atoms in total. The Morgan fingerprint density at radius 1 is 1.33 bits per heavy atom. The Labute approximate surface area is 121 Å². The Morgan fingerprint density at radius 2 is 2.11 bits per heavy atom. The molecular weight excluding hydrogens is 285 g/mol. The highest BCUT2D eigenvalue weighted by atomic mass is 35.5. The second-order valence-electron chi connectivity index (χ2n) is 4.67. The molecule has 1 aromatic carbocycles. The Hall–Kier alpha value is -0.440. The van der Waals surface area contributed by atoms with Crippen molar-refractivity contribution in [2.24, 2.45) is 0 Å². The first kappa shape index (κ1) is 12.6. The summed E-state index contributed by atoms with van der Waals surface area (Å²) in [6.07, 6.45) is 0.917. The van der Waals surface area contributed by atoms with Gasteiger partial charge < -0.3 is 0 Å². The van der Waals surface area contributed by atoms with Crippen LogP contribution in [0.25, 0.3) is 10.9 Å². The topological polar surface area (TPSA) is 12.9 Å². The van der Waals surface area contributed by atoms with E-state index in [0.29, 0.717) is 0 Å². The number of nitrogens with zero attached hydrogens (tertiary/aromatic N) is 1. The van der Waals surface area contributed by atoms with Gasteiger partial charge in [0.25, 0.3) is 0 Å². The zero-order chi connectivity index (χ0) is 12.9.